The first-order valence-corrected chi connectivity index (χ1v) is 5.95. The highest BCUT2D eigenvalue weighted by Crippen LogP contribution is 2.30. The highest BCUT2D eigenvalue weighted by molar-refractivity contribution is 6.35. The molecule has 108 valence electrons. The zero-order valence-electron chi connectivity index (χ0n) is 10.4. The normalized spacial score (nSPS) is 11.2. The molecule has 2 aromatic rings. The first kappa shape index (κ1) is 14.5. The number of non-ortho nitro benzene ring substituents is 1. The maximum atomic E-state index is 10.6. The summed E-state index contributed by atoms with van der Waals surface area (Å²) in [5.74, 6) is 0.164. The van der Waals surface area contributed by atoms with Gasteiger partial charge in [0.25, 0.3) is 5.69 Å². The van der Waals surface area contributed by atoms with Gasteiger partial charge >= 0.3 is 0 Å². The summed E-state index contributed by atoms with van der Waals surface area (Å²) >= 11 is 6.05. The molecule has 0 amide bonds. The van der Waals surface area contributed by atoms with E-state index in [9.17, 15) is 10.1 Å². The number of nitrogens with two attached hydrogens (primary N) is 1. The molecule has 21 heavy (non-hydrogen) atoms. The van der Waals surface area contributed by atoms with Crippen molar-refractivity contribution in [3.63, 3.8) is 0 Å². The molecule has 0 unspecified atom stereocenters. The first-order valence-electron chi connectivity index (χ1n) is 5.57. The largest absolute Gasteiger partial charge is 0.438 e. The van der Waals surface area contributed by atoms with Gasteiger partial charge in [0.2, 0.25) is 5.88 Å². The van der Waals surface area contributed by atoms with E-state index in [-0.39, 0.29) is 28.0 Å². The van der Waals surface area contributed by atoms with Gasteiger partial charge in [0, 0.05) is 23.9 Å². The minimum atomic E-state index is -0.520. The van der Waals surface area contributed by atoms with Crippen LogP contribution in [0.2, 0.25) is 5.02 Å². The second-order valence-corrected chi connectivity index (χ2v) is 4.19. The molecule has 0 spiro atoms. The van der Waals surface area contributed by atoms with Crippen molar-refractivity contribution in [1.82, 2.24) is 4.98 Å². The Morgan fingerprint density at radius 1 is 1.38 bits per heavy atom. The van der Waals surface area contributed by atoms with Gasteiger partial charge in [-0.1, -0.05) is 16.8 Å². The Morgan fingerprint density at radius 2 is 2.05 bits per heavy atom. The molecule has 1 aromatic carbocycles. The van der Waals surface area contributed by atoms with Crippen LogP contribution in [-0.4, -0.2) is 21.0 Å². The van der Waals surface area contributed by atoms with Crippen LogP contribution in [0.25, 0.3) is 0 Å². The van der Waals surface area contributed by atoms with E-state index < -0.39 is 4.92 Å². The second kappa shape index (κ2) is 6.06. The van der Waals surface area contributed by atoms with E-state index in [4.69, 9.17) is 27.3 Å². The number of benzene rings is 1. The lowest BCUT2D eigenvalue weighted by molar-refractivity contribution is -0.384. The lowest BCUT2D eigenvalue weighted by Crippen LogP contribution is -2.14. The van der Waals surface area contributed by atoms with Gasteiger partial charge in [-0.15, -0.1) is 0 Å². The average molecular weight is 309 g/mol. The van der Waals surface area contributed by atoms with Gasteiger partial charge in [-0.2, -0.15) is 0 Å². The Morgan fingerprint density at radius 3 is 2.62 bits per heavy atom. The van der Waals surface area contributed by atoms with Crippen molar-refractivity contribution in [1.29, 1.82) is 0 Å². The maximum absolute atomic E-state index is 10.6. The van der Waals surface area contributed by atoms with Crippen molar-refractivity contribution in [3.8, 4) is 11.6 Å². The van der Waals surface area contributed by atoms with E-state index >= 15 is 0 Å². The molecule has 0 atom stereocenters. The molecule has 0 aliphatic heterocycles. The molecule has 1 heterocycles. The molecule has 0 bridgehead atoms. The Hall–Kier alpha value is -2.87. The number of nitro groups is 1. The molecule has 9 heteroatoms. The zero-order chi connectivity index (χ0) is 15.4. The van der Waals surface area contributed by atoms with Crippen molar-refractivity contribution < 1.29 is 14.9 Å². The van der Waals surface area contributed by atoms with Crippen LogP contribution < -0.4 is 10.5 Å². The molecule has 0 saturated heterocycles. The summed E-state index contributed by atoms with van der Waals surface area (Å²) in [4.78, 5) is 14.0. The highest BCUT2D eigenvalue weighted by Gasteiger charge is 2.13. The topological polar surface area (TPSA) is 124 Å². The Bertz CT molecular complexity index is 703. The summed E-state index contributed by atoms with van der Waals surface area (Å²) in [5, 5.41) is 22.1. The summed E-state index contributed by atoms with van der Waals surface area (Å²) in [7, 11) is 0. The number of nitrogens with zero attached hydrogens (tertiary/aromatic N) is 3. The van der Waals surface area contributed by atoms with Crippen molar-refractivity contribution in [2.24, 2.45) is 10.9 Å². The van der Waals surface area contributed by atoms with Gasteiger partial charge in [-0.05, 0) is 18.2 Å². The quantitative estimate of drug-likeness (QED) is 0.294. The van der Waals surface area contributed by atoms with Crippen LogP contribution in [0, 0.1) is 10.1 Å². The van der Waals surface area contributed by atoms with Crippen LogP contribution in [0.1, 0.15) is 5.56 Å². The first-order chi connectivity index (χ1) is 10.0. The number of rotatable bonds is 4. The van der Waals surface area contributed by atoms with Gasteiger partial charge in [0.05, 0.1) is 4.92 Å². The molecular formula is C12H9ClN4O4. The van der Waals surface area contributed by atoms with Gasteiger partial charge in [-0.3, -0.25) is 10.1 Å². The van der Waals surface area contributed by atoms with Crippen LogP contribution in [-0.2, 0) is 0 Å². The third-order valence-corrected chi connectivity index (χ3v) is 2.87. The van der Waals surface area contributed by atoms with Crippen molar-refractivity contribution in [3.05, 3.63) is 57.2 Å². The summed E-state index contributed by atoms with van der Waals surface area (Å²) in [5.41, 5.74) is 5.66. The van der Waals surface area contributed by atoms with E-state index in [1.54, 1.807) is 0 Å². The predicted molar refractivity (Wildman–Crippen MR) is 74.9 cm³/mol. The monoisotopic (exact) mass is 308 g/mol. The molecule has 8 nitrogen and oxygen atoms in total. The van der Waals surface area contributed by atoms with Crippen LogP contribution in [0.5, 0.6) is 11.6 Å². The number of hydrogen-bond acceptors (Lipinski definition) is 6. The van der Waals surface area contributed by atoms with E-state index in [0.717, 1.165) is 0 Å². The zero-order valence-corrected chi connectivity index (χ0v) is 11.2. The fourth-order valence-corrected chi connectivity index (χ4v) is 1.74. The number of halogens is 1. The number of oxime groups is 1. The molecule has 1 aromatic heterocycles. The molecule has 3 N–H and O–H groups in total. The molecule has 0 aliphatic rings. The third-order valence-electron chi connectivity index (χ3n) is 2.50. The second-order valence-electron chi connectivity index (χ2n) is 3.82. The fourth-order valence-electron chi connectivity index (χ4n) is 1.49. The SMILES string of the molecule is N/C(=N/O)c1ccnc(Oc2ccc([N+](=O)[O-])cc2)c1Cl. The van der Waals surface area contributed by atoms with Gasteiger partial charge < -0.3 is 15.7 Å². The van der Waals surface area contributed by atoms with E-state index in [1.807, 2.05) is 0 Å². The van der Waals surface area contributed by atoms with Gasteiger partial charge in [0.1, 0.15) is 10.8 Å². The van der Waals surface area contributed by atoms with Gasteiger partial charge in [-0.25, -0.2) is 4.98 Å². The lowest BCUT2D eigenvalue weighted by atomic mass is 10.2. The van der Waals surface area contributed by atoms with Crippen LogP contribution >= 0.6 is 11.6 Å². The van der Waals surface area contributed by atoms with E-state index in [1.165, 1.54) is 36.5 Å². The highest BCUT2D eigenvalue weighted by atomic mass is 35.5. The van der Waals surface area contributed by atoms with Crippen molar-refractivity contribution in [2.75, 3.05) is 0 Å². The smallest absolute Gasteiger partial charge is 0.269 e. The number of ether oxygens (including phenoxy) is 1. The van der Waals surface area contributed by atoms with Gasteiger partial charge in [0.15, 0.2) is 5.84 Å². The lowest BCUT2D eigenvalue weighted by Gasteiger charge is -2.08. The predicted octanol–water partition coefficient (Wildman–Crippen LogP) is 2.53. The summed E-state index contributed by atoms with van der Waals surface area (Å²) in [6, 6.07) is 6.85. The summed E-state index contributed by atoms with van der Waals surface area (Å²) in [6.07, 6.45) is 1.37. The molecule has 2 rings (SSSR count). The fraction of sp³-hybridized carbons (Fsp3) is 0. The number of hydrogen-bond donors (Lipinski definition) is 2. The minimum Gasteiger partial charge on any atom is -0.438 e. The molecular weight excluding hydrogens is 300 g/mol. The van der Waals surface area contributed by atoms with Crippen LogP contribution in [0.3, 0.4) is 0 Å². The van der Waals surface area contributed by atoms with E-state index in [2.05, 4.69) is 10.1 Å². The standard InChI is InChI=1S/C12H9ClN4O4/c13-10-9(11(14)16-18)5-6-15-12(10)21-8-3-1-7(2-4-8)17(19)20/h1-6,18H,(H2,14,16). The van der Waals surface area contributed by atoms with Crippen molar-refractivity contribution >= 4 is 23.1 Å². The van der Waals surface area contributed by atoms with Crippen LogP contribution in [0.4, 0.5) is 5.69 Å². The number of aromatic nitrogens is 1. The van der Waals surface area contributed by atoms with Crippen molar-refractivity contribution in [2.45, 2.75) is 0 Å². The number of amidine groups is 1. The van der Waals surface area contributed by atoms with Crippen LogP contribution in [0.15, 0.2) is 41.7 Å². The Kier molecular flexibility index (Phi) is 4.19. The summed E-state index contributed by atoms with van der Waals surface area (Å²) in [6.45, 7) is 0. The number of pyridine rings is 1. The number of nitro benzene ring substituents is 1. The summed E-state index contributed by atoms with van der Waals surface area (Å²) < 4.78 is 5.42. The average Bonchev–Trinajstić information content (AvgIpc) is 2.49. The maximum Gasteiger partial charge on any atom is 0.269 e. The molecule has 0 radical (unpaired) electrons. The minimum absolute atomic E-state index is 0.0367. The molecule has 0 aliphatic carbocycles. The van der Waals surface area contributed by atoms with E-state index in [0.29, 0.717) is 5.75 Å². The molecule has 0 saturated carbocycles. The third kappa shape index (κ3) is 3.18. The Balaban J connectivity index is 2.29. The molecule has 0 fully saturated rings. The Labute approximate surface area is 123 Å².